The third kappa shape index (κ3) is 11.3. The summed E-state index contributed by atoms with van der Waals surface area (Å²) in [5, 5.41) is 19.9. The molecule has 382 valence electrons. The standard InChI is InChI=1S/C55H63ClN10O5S2/c1-29-22-43(52(69)59-31(3)36-12-14-38(15-13-36)49-32(4)58-28-72-49)65(27-29)53(70)50(55(7,8)9)62-44(67)20-10-35-11-21-46(57-26-35)71-41-23-40(24-41)60-45(68)25-42-51-64-63-34(6)66(51)54-47(30(2)33(5)73-54)48(61-42)37-16-18-39(56)19-17-37/h11-19,21,26,28-29,31,40-43,50H,10,20,22-25,27H2,1-9H3,(H,59,69)(H,60,68)(H,62,67)/t29-,31+,40-,41+,42+,43+,50-/m1/s1. The van der Waals surface area contributed by atoms with E-state index in [4.69, 9.17) is 21.3 Å². The van der Waals surface area contributed by atoms with Crippen LogP contribution >= 0.6 is 34.3 Å². The number of aliphatic imine (C=N–C) groups is 1. The van der Waals surface area contributed by atoms with Gasteiger partial charge in [0, 0.05) is 65.1 Å². The Morgan fingerprint density at radius 3 is 2.29 bits per heavy atom. The quantitative estimate of drug-likeness (QED) is 0.0902. The predicted molar refractivity (Wildman–Crippen MR) is 286 cm³/mol. The lowest BCUT2D eigenvalue weighted by molar-refractivity contribution is -0.144. The average Bonchev–Trinajstić information content (AvgIpc) is 4.11. The van der Waals surface area contributed by atoms with E-state index < -0.39 is 23.5 Å². The molecule has 3 aliphatic rings. The van der Waals surface area contributed by atoms with E-state index in [0.717, 1.165) is 60.5 Å². The molecule has 15 nitrogen and oxygen atoms in total. The fraction of sp³-hybridized carbons (Fsp3) is 0.436. The van der Waals surface area contributed by atoms with Crippen LogP contribution in [0.2, 0.25) is 5.02 Å². The summed E-state index contributed by atoms with van der Waals surface area (Å²) >= 11 is 9.54. The fourth-order valence-electron chi connectivity index (χ4n) is 9.91. The molecule has 1 aliphatic carbocycles. The minimum Gasteiger partial charge on any atom is -0.474 e. The van der Waals surface area contributed by atoms with Crippen molar-refractivity contribution in [2.75, 3.05) is 6.54 Å². The van der Waals surface area contributed by atoms with Gasteiger partial charge in [0.1, 0.15) is 35.1 Å². The Bertz CT molecular complexity index is 3040. The number of aryl methyl sites for hydroxylation is 4. The van der Waals surface area contributed by atoms with Crippen LogP contribution in [-0.2, 0) is 25.6 Å². The van der Waals surface area contributed by atoms with Gasteiger partial charge in [0.15, 0.2) is 5.82 Å². The van der Waals surface area contributed by atoms with Gasteiger partial charge in [0.25, 0.3) is 0 Å². The molecule has 6 aromatic rings. The van der Waals surface area contributed by atoms with E-state index >= 15 is 0 Å². The monoisotopic (exact) mass is 1040 g/mol. The van der Waals surface area contributed by atoms with Crippen LogP contribution in [0.1, 0.15) is 129 Å². The largest absolute Gasteiger partial charge is 0.474 e. The smallest absolute Gasteiger partial charge is 0.246 e. The number of pyridine rings is 1. The van der Waals surface area contributed by atoms with Gasteiger partial charge in [-0.1, -0.05) is 81.8 Å². The molecule has 2 aliphatic heterocycles. The lowest BCUT2D eigenvalue weighted by Gasteiger charge is -2.35. The van der Waals surface area contributed by atoms with Crippen molar-refractivity contribution >= 4 is 63.6 Å². The number of nitrogens with one attached hydrogen (secondary N) is 3. The predicted octanol–water partition coefficient (Wildman–Crippen LogP) is 9.32. The molecule has 0 unspecified atom stereocenters. The first-order valence-electron chi connectivity index (χ1n) is 25.0. The van der Waals surface area contributed by atoms with Gasteiger partial charge in [-0.15, -0.1) is 32.9 Å². The van der Waals surface area contributed by atoms with Crippen molar-refractivity contribution in [3.8, 4) is 21.3 Å². The van der Waals surface area contributed by atoms with Crippen molar-refractivity contribution in [1.29, 1.82) is 0 Å². The number of fused-ring (bicyclic) bond motifs is 3. The summed E-state index contributed by atoms with van der Waals surface area (Å²) in [5.41, 5.74) is 8.95. The highest BCUT2D eigenvalue weighted by molar-refractivity contribution is 7.15. The Kier molecular flexibility index (Phi) is 15.0. The second-order valence-electron chi connectivity index (χ2n) is 20.9. The van der Waals surface area contributed by atoms with Crippen molar-refractivity contribution in [1.82, 2.24) is 45.6 Å². The Morgan fingerprint density at radius 1 is 0.890 bits per heavy atom. The lowest BCUT2D eigenvalue weighted by Crippen LogP contribution is -2.57. The molecule has 9 rings (SSSR count). The number of nitrogens with zero attached hydrogens (tertiary/aromatic N) is 7. The molecule has 4 amide bonds. The molecule has 1 saturated heterocycles. The number of halogens is 1. The van der Waals surface area contributed by atoms with Gasteiger partial charge >= 0.3 is 0 Å². The molecule has 18 heteroatoms. The van der Waals surface area contributed by atoms with Crippen LogP contribution in [-0.4, -0.2) is 89.7 Å². The van der Waals surface area contributed by atoms with Crippen LogP contribution in [0, 0.1) is 39.0 Å². The molecule has 2 aromatic carbocycles. The number of benzene rings is 2. The van der Waals surface area contributed by atoms with Crippen molar-refractivity contribution in [2.24, 2.45) is 16.3 Å². The van der Waals surface area contributed by atoms with Crippen LogP contribution in [0.4, 0.5) is 0 Å². The molecule has 2 fully saturated rings. The molecular weight excluding hydrogens is 980 g/mol. The fourth-order valence-corrected chi connectivity index (χ4v) is 12.1. The number of hydrogen-bond donors (Lipinski definition) is 3. The summed E-state index contributed by atoms with van der Waals surface area (Å²) in [6, 6.07) is 17.0. The normalized spacial score (nSPS) is 20.2. The molecule has 0 radical (unpaired) electrons. The summed E-state index contributed by atoms with van der Waals surface area (Å²) in [4.78, 5) is 73.4. The van der Waals surface area contributed by atoms with E-state index in [9.17, 15) is 19.2 Å². The van der Waals surface area contributed by atoms with Crippen molar-refractivity contribution in [2.45, 2.75) is 137 Å². The number of hydrogen-bond acceptors (Lipinski definition) is 12. The van der Waals surface area contributed by atoms with Gasteiger partial charge in [-0.05, 0) is 93.2 Å². The second-order valence-corrected chi connectivity index (χ2v) is 23.4. The van der Waals surface area contributed by atoms with E-state index in [2.05, 4.69) is 50.0 Å². The highest BCUT2D eigenvalue weighted by Crippen LogP contribution is 2.40. The minimum absolute atomic E-state index is 0.0650. The molecule has 5 atom stereocenters. The summed E-state index contributed by atoms with van der Waals surface area (Å²) < 4.78 is 8.21. The van der Waals surface area contributed by atoms with Crippen molar-refractivity contribution in [3.63, 3.8) is 0 Å². The maximum atomic E-state index is 14.3. The lowest BCUT2D eigenvalue weighted by atomic mass is 9.85. The summed E-state index contributed by atoms with van der Waals surface area (Å²) in [6.45, 7) is 18.3. The van der Waals surface area contributed by atoms with E-state index in [1.54, 1.807) is 39.8 Å². The molecule has 4 aromatic heterocycles. The van der Waals surface area contributed by atoms with E-state index in [0.29, 0.717) is 49.0 Å². The van der Waals surface area contributed by atoms with Crippen LogP contribution < -0.4 is 20.7 Å². The average molecular weight is 1040 g/mol. The molecule has 1 saturated carbocycles. The highest BCUT2D eigenvalue weighted by Gasteiger charge is 2.44. The number of thiophene rings is 1. The Balaban J connectivity index is 0.750. The van der Waals surface area contributed by atoms with E-state index in [1.165, 1.54) is 4.88 Å². The Hall–Kier alpha value is -6.30. The first-order chi connectivity index (χ1) is 34.8. The summed E-state index contributed by atoms with van der Waals surface area (Å²) in [6.07, 6.45) is 4.03. The SMILES string of the molecule is Cc1ncsc1-c1ccc([C@H](C)NC(=O)[C@@H]2C[C@@H](C)CN2C(=O)[C@@H](NC(=O)CCc2ccc(O[C@H]3C[C@@H](NC(=O)C[C@@H]4N=C(c5ccc(Cl)cc5)c5c(sc(C)c5C)-n5c(C)nnc54)C3)nc2)C(C)(C)C)cc1. The molecule has 73 heavy (non-hydrogen) atoms. The summed E-state index contributed by atoms with van der Waals surface area (Å²) in [7, 11) is 0. The van der Waals surface area contributed by atoms with Crippen LogP contribution in [0.15, 0.2) is 77.4 Å². The molecule has 6 heterocycles. The minimum atomic E-state index is -0.835. The van der Waals surface area contributed by atoms with Crippen LogP contribution in [0.5, 0.6) is 5.88 Å². The van der Waals surface area contributed by atoms with Gasteiger partial charge in [0.2, 0.25) is 29.5 Å². The maximum absolute atomic E-state index is 14.3. The van der Waals surface area contributed by atoms with Gasteiger partial charge in [-0.2, -0.15) is 0 Å². The number of amides is 4. The number of rotatable bonds is 15. The molecular formula is C55H63ClN10O5S2. The van der Waals surface area contributed by atoms with Gasteiger partial charge in [-0.25, -0.2) is 9.97 Å². The number of thiazole rings is 1. The third-order valence-corrected chi connectivity index (χ3v) is 16.6. The highest BCUT2D eigenvalue weighted by atomic mass is 35.5. The van der Waals surface area contributed by atoms with Crippen molar-refractivity contribution < 1.29 is 23.9 Å². The molecule has 0 spiro atoms. The number of aromatic nitrogens is 5. The van der Waals surface area contributed by atoms with E-state index in [1.807, 2.05) is 113 Å². The Labute approximate surface area is 439 Å². The number of carbonyl (C=O) groups excluding carboxylic acids is 4. The zero-order valence-corrected chi connectivity index (χ0v) is 45.2. The van der Waals surface area contributed by atoms with Gasteiger partial charge in [-0.3, -0.25) is 28.7 Å². The van der Waals surface area contributed by atoms with Crippen LogP contribution in [0.3, 0.4) is 0 Å². The molecule has 0 bridgehead atoms. The number of ether oxygens (including phenoxy) is 1. The number of likely N-dealkylation sites (tertiary alicyclic amines) is 1. The first kappa shape index (κ1) is 51.6. The maximum Gasteiger partial charge on any atom is 0.246 e. The topological polar surface area (TPSA) is 186 Å². The van der Waals surface area contributed by atoms with Gasteiger partial charge < -0.3 is 25.6 Å². The molecule has 3 N–H and O–H groups in total. The van der Waals surface area contributed by atoms with E-state index in [-0.39, 0.29) is 60.6 Å². The zero-order valence-electron chi connectivity index (χ0n) is 42.8. The Morgan fingerprint density at radius 2 is 1.62 bits per heavy atom. The summed E-state index contributed by atoms with van der Waals surface area (Å²) in [5.74, 6) is 1.08. The van der Waals surface area contributed by atoms with Gasteiger partial charge in [0.05, 0.1) is 34.3 Å². The third-order valence-electron chi connectivity index (χ3n) is 14.2. The zero-order chi connectivity index (χ0) is 51.9. The number of carbonyl (C=O) groups is 4. The van der Waals surface area contributed by atoms with Crippen LogP contribution in [0.25, 0.3) is 15.4 Å². The van der Waals surface area contributed by atoms with Crippen molar-refractivity contribution in [3.05, 3.63) is 127 Å². The second kappa shape index (κ2) is 21.3. The first-order valence-corrected chi connectivity index (χ1v) is 27.1.